The molecular weight excluding hydrogens is 314 g/mol. The fourth-order valence-electron chi connectivity index (χ4n) is 4.04. The van der Waals surface area contributed by atoms with Crippen molar-refractivity contribution in [1.82, 2.24) is 10.2 Å². The van der Waals surface area contributed by atoms with Gasteiger partial charge in [0.2, 0.25) is 0 Å². The van der Waals surface area contributed by atoms with Crippen LogP contribution in [0.5, 0.6) is 0 Å². The summed E-state index contributed by atoms with van der Waals surface area (Å²) < 4.78 is 0. The van der Waals surface area contributed by atoms with Crippen LogP contribution in [0.1, 0.15) is 51.0 Å². The van der Waals surface area contributed by atoms with Crippen LogP contribution < -0.4 is 10.2 Å². The third-order valence-electron chi connectivity index (χ3n) is 5.61. The number of anilines is 1. The molecule has 0 bridgehead atoms. The van der Waals surface area contributed by atoms with Crippen molar-refractivity contribution in [2.45, 2.75) is 58.0 Å². The van der Waals surface area contributed by atoms with Crippen molar-refractivity contribution in [1.29, 1.82) is 0 Å². The molecule has 132 valence electrons. The van der Waals surface area contributed by atoms with Crippen molar-refractivity contribution in [2.24, 2.45) is 5.92 Å². The van der Waals surface area contributed by atoms with E-state index in [1.54, 1.807) is 0 Å². The highest BCUT2D eigenvalue weighted by Gasteiger charge is 2.23. The Hall–Kier alpha value is -1.29. The van der Waals surface area contributed by atoms with E-state index >= 15 is 0 Å². The summed E-state index contributed by atoms with van der Waals surface area (Å²) in [6, 6.07) is 9.34. The smallest absolute Gasteiger partial charge is 0.169 e. The molecule has 1 aromatic rings. The first-order valence-corrected chi connectivity index (χ1v) is 9.90. The van der Waals surface area contributed by atoms with Gasteiger partial charge in [0.25, 0.3) is 0 Å². The maximum atomic E-state index is 5.69. The van der Waals surface area contributed by atoms with E-state index < -0.39 is 0 Å². The first kappa shape index (κ1) is 17.5. The zero-order valence-electron chi connectivity index (χ0n) is 15.1. The van der Waals surface area contributed by atoms with Gasteiger partial charge in [0, 0.05) is 38.4 Å². The van der Waals surface area contributed by atoms with Crippen LogP contribution in [-0.4, -0.2) is 36.2 Å². The molecule has 2 fully saturated rings. The predicted octanol–water partition coefficient (Wildman–Crippen LogP) is 4.17. The van der Waals surface area contributed by atoms with Gasteiger partial charge in [-0.05, 0) is 55.4 Å². The number of nitrogens with one attached hydrogen (secondary N) is 1. The number of hydrogen-bond donors (Lipinski definition) is 1. The largest absolute Gasteiger partial charge is 0.371 e. The van der Waals surface area contributed by atoms with Gasteiger partial charge in [-0.2, -0.15) is 0 Å². The summed E-state index contributed by atoms with van der Waals surface area (Å²) in [5.41, 5.74) is 2.76. The Bertz CT molecular complexity index is 554. The van der Waals surface area contributed by atoms with Crippen molar-refractivity contribution in [2.75, 3.05) is 25.0 Å². The van der Waals surface area contributed by atoms with Gasteiger partial charge in [-0.15, -0.1) is 0 Å². The molecule has 1 heterocycles. The van der Waals surface area contributed by atoms with Crippen molar-refractivity contribution in [3.63, 3.8) is 0 Å². The fourth-order valence-corrected chi connectivity index (χ4v) is 4.25. The van der Waals surface area contributed by atoms with E-state index in [2.05, 4.69) is 53.4 Å². The van der Waals surface area contributed by atoms with E-state index in [1.807, 2.05) is 0 Å². The molecule has 1 aromatic carbocycles. The lowest BCUT2D eigenvalue weighted by Gasteiger charge is -2.33. The Balaban J connectivity index is 1.61. The highest BCUT2D eigenvalue weighted by molar-refractivity contribution is 7.80. The second-order valence-electron chi connectivity index (χ2n) is 7.50. The second kappa shape index (κ2) is 8.19. The second-order valence-corrected chi connectivity index (χ2v) is 7.88. The molecule has 0 spiro atoms. The zero-order chi connectivity index (χ0) is 16.9. The van der Waals surface area contributed by atoms with Gasteiger partial charge in [-0.3, -0.25) is 0 Å². The Labute approximate surface area is 152 Å². The number of hydrogen-bond acceptors (Lipinski definition) is 2. The predicted molar refractivity (Wildman–Crippen MR) is 107 cm³/mol. The molecule has 1 N–H and O–H groups in total. The van der Waals surface area contributed by atoms with E-state index in [-0.39, 0.29) is 0 Å². The van der Waals surface area contributed by atoms with Crippen molar-refractivity contribution in [3.05, 3.63) is 29.8 Å². The first-order valence-electron chi connectivity index (χ1n) is 9.49. The van der Waals surface area contributed by atoms with E-state index in [9.17, 15) is 0 Å². The molecule has 0 radical (unpaired) electrons. The molecule has 24 heavy (non-hydrogen) atoms. The molecular formula is C20H31N3S. The summed E-state index contributed by atoms with van der Waals surface area (Å²) in [5, 5.41) is 4.51. The van der Waals surface area contributed by atoms with Gasteiger partial charge in [-0.1, -0.05) is 38.0 Å². The van der Waals surface area contributed by atoms with Crippen LogP contribution in [0.4, 0.5) is 5.69 Å². The molecule has 4 heteroatoms. The SMILES string of the molecule is C[C@@H]1CCCC[C@@H]1NC(=S)N(C)Cc1ccccc1N1CCCC1. The molecule has 0 amide bonds. The average molecular weight is 346 g/mol. The molecule has 0 unspecified atom stereocenters. The van der Waals surface area contributed by atoms with Crippen LogP contribution in [0.3, 0.4) is 0 Å². The number of para-hydroxylation sites is 1. The molecule has 2 atom stereocenters. The van der Waals surface area contributed by atoms with Gasteiger partial charge >= 0.3 is 0 Å². The molecule has 1 saturated carbocycles. The molecule has 0 aromatic heterocycles. The lowest BCUT2D eigenvalue weighted by atomic mass is 9.86. The van der Waals surface area contributed by atoms with Gasteiger partial charge in [-0.25, -0.2) is 0 Å². The average Bonchev–Trinajstić information content (AvgIpc) is 3.11. The Morgan fingerprint density at radius 2 is 1.88 bits per heavy atom. The normalized spacial score (nSPS) is 24.0. The lowest BCUT2D eigenvalue weighted by molar-refractivity contribution is 0.300. The van der Waals surface area contributed by atoms with Gasteiger partial charge in [0.05, 0.1) is 0 Å². The lowest BCUT2D eigenvalue weighted by Crippen LogP contribution is -2.46. The molecule has 3 nitrogen and oxygen atoms in total. The van der Waals surface area contributed by atoms with Crippen LogP contribution in [-0.2, 0) is 6.54 Å². The summed E-state index contributed by atoms with van der Waals surface area (Å²) in [4.78, 5) is 4.72. The molecule has 3 rings (SSSR count). The van der Waals surface area contributed by atoms with E-state index in [1.165, 1.54) is 62.9 Å². The number of rotatable bonds is 4. The van der Waals surface area contributed by atoms with E-state index in [4.69, 9.17) is 12.2 Å². The quantitative estimate of drug-likeness (QED) is 0.825. The topological polar surface area (TPSA) is 18.5 Å². The standard InChI is InChI=1S/C20H31N3S/c1-16-9-3-5-11-18(16)21-20(24)22(2)15-17-10-4-6-12-19(17)23-13-7-8-14-23/h4,6,10,12,16,18H,3,5,7-9,11,13-15H2,1-2H3,(H,21,24)/t16-,18+/m1/s1. The third kappa shape index (κ3) is 4.21. The maximum Gasteiger partial charge on any atom is 0.169 e. The maximum absolute atomic E-state index is 5.69. The summed E-state index contributed by atoms with van der Waals surface area (Å²) in [5.74, 6) is 0.724. The fraction of sp³-hybridized carbons (Fsp3) is 0.650. The summed E-state index contributed by atoms with van der Waals surface area (Å²) in [6.07, 6.45) is 7.88. The van der Waals surface area contributed by atoms with Gasteiger partial charge in [0.1, 0.15) is 0 Å². The summed E-state index contributed by atoms with van der Waals surface area (Å²) >= 11 is 5.69. The zero-order valence-corrected chi connectivity index (χ0v) is 15.9. The van der Waals surface area contributed by atoms with Crippen LogP contribution in [0.2, 0.25) is 0 Å². The highest BCUT2D eigenvalue weighted by Crippen LogP contribution is 2.26. The highest BCUT2D eigenvalue weighted by atomic mass is 32.1. The minimum Gasteiger partial charge on any atom is -0.371 e. The number of nitrogens with zero attached hydrogens (tertiary/aromatic N) is 2. The summed E-state index contributed by atoms with van der Waals surface area (Å²) in [7, 11) is 2.11. The monoisotopic (exact) mass is 345 g/mol. The summed E-state index contributed by atoms with van der Waals surface area (Å²) in [6.45, 7) is 5.59. The third-order valence-corrected chi connectivity index (χ3v) is 6.04. The first-order chi connectivity index (χ1) is 11.6. The Kier molecular flexibility index (Phi) is 5.99. The van der Waals surface area contributed by atoms with Gasteiger partial charge in [0.15, 0.2) is 5.11 Å². The minimum absolute atomic E-state index is 0.544. The van der Waals surface area contributed by atoms with Crippen LogP contribution in [0, 0.1) is 5.92 Å². The van der Waals surface area contributed by atoms with Crippen LogP contribution >= 0.6 is 12.2 Å². The molecule has 1 aliphatic heterocycles. The Morgan fingerprint density at radius 3 is 2.62 bits per heavy atom. The number of benzene rings is 1. The Morgan fingerprint density at radius 1 is 1.17 bits per heavy atom. The van der Waals surface area contributed by atoms with Crippen LogP contribution in [0.25, 0.3) is 0 Å². The minimum atomic E-state index is 0.544. The van der Waals surface area contributed by atoms with E-state index in [0.29, 0.717) is 6.04 Å². The van der Waals surface area contributed by atoms with Crippen molar-refractivity contribution < 1.29 is 0 Å². The van der Waals surface area contributed by atoms with Crippen LogP contribution in [0.15, 0.2) is 24.3 Å². The van der Waals surface area contributed by atoms with Crippen molar-refractivity contribution in [3.8, 4) is 0 Å². The van der Waals surface area contributed by atoms with Gasteiger partial charge < -0.3 is 15.1 Å². The van der Waals surface area contributed by atoms with Crippen molar-refractivity contribution >= 4 is 23.0 Å². The van der Waals surface area contributed by atoms with E-state index in [0.717, 1.165) is 17.6 Å². The molecule has 1 aliphatic carbocycles. The number of thiocarbonyl (C=S) groups is 1. The molecule has 1 saturated heterocycles. The molecule has 2 aliphatic rings.